The van der Waals surface area contributed by atoms with Gasteiger partial charge in [0.2, 0.25) is 0 Å². The molecule has 2 rings (SSSR count). The van der Waals surface area contributed by atoms with E-state index in [-0.39, 0.29) is 12.0 Å². The van der Waals surface area contributed by atoms with Crippen LogP contribution < -0.4 is 0 Å². The maximum absolute atomic E-state index is 13.7. The highest BCUT2D eigenvalue weighted by Gasteiger charge is 2.33. The zero-order valence-corrected chi connectivity index (χ0v) is 10.4. The molecule has 0 unspecified atom stereocenters. The first-order valence-corrected chi connectivity index (χ1v) is 6.51. The highest BCUT2D eigenvalue weighted by atomic mass is 19.1. The molecular formula is C15H17F2N. The Hall–Kier alpha value is -1.43. The van der Waals surface area contributed by atoms with Crippen molar-refractivity contribution < 1.29 is 8.78 Å². The molecule has 3 heteroatoms. The van der Waals surface area contributed by atoms with Crippen LogP contribution in [0.4, 0.5) is 8.78 Å². The van der Waals surface area contributed by atoms with Crippen molar-refractivity contribution in [2.45, 2.75) is 44.9 Å². The van der Waals surface area contributed by atoms with E-state index >= 15 is 0 Å². The summed E-state index contributed by atoms with van der Waals surface area (Å²) in [6.07, 6.45) is 5.87. The fourth-order valence-electron chi connectivity index (χ4n) is 2.77. The molecule has 0 atom stereocenters. The third-order valence-electron chi connectivity index (χ3n) is 3.87. The largest absolute Gasteiger partial charge is 0.207 e. The normalized spacial score (nSPS) is 18.9. The Bertz CT molecular complexity index is 434. The molecule has 96 valence electrons. The third-order valence-corrected chi connectivity index (χ3v) is 3.87. The highest BCUT2D eigenvalue weighted by Crippen LogP contribution is 2.38. The molecule has 1 aliphatic carbocycles. The van der Waals surface area contributed by atoms with Crippen LogP contribution in [0.1, 0.15) is 44.1 Å². The van der Waals surface area contributed by atoms with Gasteiger partial charge in [0.05, 0.1) is 11.5 Å². The number of rotatable bonds is 2. The lowest BCUT2D eigenvalue weighted by molar-refractivity contribution is 0.328. The fraction of sp³-hybridized carbons (Fsp3) is 0.533. The lowest BCUT2D eigenvalue weighted by Gasteiger charge is -2.25. The van der Waals surface area contributed by atoms with Crippen LogP contribution >= 0.6 is 0 Å². The molecule has 1 aliphatic rings. The quantitative estimate of drug-likeness (QED) is 0.714. The lowest BCUT2D eigenvalue weighted by Crippen LogP contribution is -2.22. The fourth-order valence-corrected chi connectivity index (χ4v) is 2.77. The molecule has 0 amide bonds. The maximum atomic E-state index is 13.7. The summed E-state index contributed by atoms with van der Waals surface area (Å²) in [7, 11) is 0. The number of halogens is 2. The Morgan fingerprint density at radius 2 is 1.61 bits per heavy atom. The van der Waals surface area contributed by atoms with Crippen molar-refractivity contribution in [1.82, 2.24) is 0 Å². The van der Waals surface area contributed by atoms with E-state index in [1.165, 1.54) is 18.2 Å². The van der Waals surface area contributed by atoms with Crippen molar-refractivity contribution in [2.75, 3.05) is 0 Å². The monoisotopic (exact) mass is 249 g/mol. The van der Waals surface area contributed by atoms with Crippen LogP contribution in [-0.2, 0) is 6.42 Å². The molecule has 0 bridgehead atoms. The van der Waals surface area contributed by atoms with Crippen LogP contribution in [0.2, 0.25) is 0 Å². The average Bonchev–Trinajstić information content (AvgIpc) is 2.60. The van der Waals surface area contributed by atoms with E-state index in [0.29, 0.717) is 0 Å². The van der Waals surface area contributed by atoms with Gasteiger partial charge in [-0.2, -0.15) is 5.26 Å². The summed E-state index contributed by atoms with van der Waals surface area (Å²) < 4.78 is 27.3. The topological polar surface area (TPSA) is 23.8 Å². The van der Waals surface area contributed by atoms with Gasteiger partial charge < -0.3 is 0 Å². The van der Waals surface area contributed by atoms with Gasteiger partial charge in [0.1, 0.15) is 11.6 Å². The van der Waals surface area contributed by atoms with Crippen molar-refractivity contribution in [1.29, 1.82) is 5.26 Å². The van der Waals surface area contributed by atoms with Crippen LogP contribution in [0, 0.1) is 28.4 Å². The summed E-state index contributed by atoms with van der Waals surface area (Å²) >= 11 is 0. The van der Waals surface area contributed by atoms with E-state index in [9.17, 15) is 14.0 Å². The Labute approximate surface area is 106 Å². The summed E-state index contributed by atoms with van der Waals surface area (Å²) in [4.78, 5) is 0. The van der Waals surface area contributed by atoms with Gasteiger partial charge in [-0.3, -0.25) is 0 Å². The van der Waals surface area contributed by atoms with Gasteiger partial charge in [-0.05, 0) is 31.4 Å². The van der Waals surface area contributed by atoms with Gasteiger partial charge in [-0.15, -0.1) is 0 Å². The van der Waals surface area contributed by atoms with Gasteiger partial charge >= 0.3 is 0 Å². The molecule has 0 aliphatic heterocycles. The molecule has 0 N–H and O–H groups in total. The van der Waals surface area contributed by atoms with Gasteiger partial charge in [0, 0.05) is 5.56 Å². The second-order valence-corrected chi connectivity index (χ2v) is 5.18. The molecule has 1 fully saturated rings. The molecular weight excluding hydrogens is 232 g/mol. The SMILES string of the molecule is N#CC1(Cc2c(F)cccc2F)CCCCCC1. The first-order valence-electron chi connectivity index (χ1n) is 6.51. The smallest absolute Gasteiger partial charge is 0.129 e. The zero-order chi connectivity index (χ0) is 13.0. The minimum Gasteiger partial charge on any atom is -0.207 e. The van der Waals surface area contributed by atoms with Crippen LogP contribution in [-0.4, -0.2) is 0 Å². The molecule has 0 radical (unpaired) electrons. The summed E-state index contributed by atoms with van der Waals surface area (Å²) in [6, 6.07) is 6.22. The van der Waals surface area contributed by atoms with Crippen molar-refractivity contribution in [2.24, 2.45) is 5.41 Å². The number of nitriles is 1. The number of benzene rings is 1. The van der Waals surface area contributed by atoms with E-state index in [1.807, 2.05) is 0 Å². The predicted molar refractivity (Wildman–Crippen MR) is 65.8 cm³/mol. The van der Waals surface area contributed by atoms with E-state index in [4.69, 9.17) is 0 Å². The maximum Gasteiger partial charge on any atom is 0.129 e. The number of nitrogens with zero attached hydrogens (tertiary/aromatic N) is 1. The second kappa shape index (κ2) is 5.48. The van der Waals surface area contributed by atoms with Crippen LogP contribution in [0.3, 0.4) is 0 Å². The van der Waals surface area contributed by atoms with E-state index in [2.05, 4.69) is 6.07 Å². The summed E-state index contributed by atoms with van der Waals surface area (Å²) in [6.45, 7) is 0. The highest BCUT2D eigenvalue weighted by molar-refractivity contribution is 5.23. The Morgan fingerprint density at radius 1 is 1.06 bits per heavy atom. The molecule has 1 nitrogen and oxygen atoms in total. The summed E-state index contributed by atoms with van der Waals surface area (Å²) in [5, 5.41) is 9.41. The van der Waals surface area contributed by atoms with E-state index < -0.39 is 17.0 Å². The van der Waals surface area contributed by atoms with Crippen molar-refractivity contribution in [3.63, 3.8) is 0 Å². The predicted octanol–water partition coefficient (Wildman–Crippen LogP) is 4.37. The third kappa shape index (κ3) is 2.69. The van der Waals surface area contributed by atoms with Crippen LogP contribution in [0.25, 0.3) is 0 Å². The van der Waals surface area contributed by atoms with Crippen LogP contribution in [0.15, 0.2) is 18.2 Å². The summed E-state index contributed by atoms with van der Waals surface area (Å²) in [5.41, 5.74) is -0.513. The molecule has 1 saturated carbocycles. The second-order valence-electron chi connectivity index (χ2n) is 5.18. The van der Waals surface area contributed by atoms with Crippen molar-refractivity contribution >= 4 is 0 Å². The first kappa shape index (κ1) is 13.0. The molecule has 0 heterocycles. The molecule has 1 aromatic rings. The minimum atomic E-state index is -0.584. The van der Waals surface area contributed by atoms with Gasteiger partial charge in [0.15, 0.2) is 0 Å². The van der Waals surface area contributed by atoms with Crippen LogP contribution in [0.5, 0.6) is 0 Å². The van der Waals surface area contributed by atoms with Gasteiger partial charge in [-0.1, -0.05) is 31.7 Å². The molecule has 0 saturated heterocycles. The molecule has 0 spiro atoms. The number of hydrogen-bond donors (Lipinski definition) is 0. The lowest BCUT2D eigenvalue weighted by atomic mass is 9.76. The van der Waals surface area contributed by atoms with Gasteiger partial charge in [0.25, 0.3) is 0 Å². The molecule has 18 heavy (non-hydrogen) atoms. The van der Waals surface area contributed by atoms with Gasteiger partial charge in [-0.25, -0.2) is 8.78 Å². The molecule has 1 aromatic carbocycles. The Kier molecular flexibility index (Phi) is 3.96. The average molecular weight is 249 g/mol. The minimum absolute atomic E-state index is 0.0703. The zero-order valence-electron chi connectivity index (χ0n) is 10.4. The van der Waals surface area contributed by atoms with E-state index in [0.717, 1.165) is 38.5 Å². The summed E-state index contributed by atoms with van der Waals surface area (Å²) in [5.74, 6) is -1.07. The van der Waals surface area contributed by atoms with Crippen molar-refractivity contribution in [3.8, 4) is 6.07 Å². The number of hydrogen-bond acceptors (Lipinski definition) is 1. The Balaban J connectivity index is 2.27. The van der Waals surface area contributed by atoms with E-state index in [1.54, 1.807) is 0 Å². The van der Waals surface area contributed by atoms with Crippen molar-refractivity contribution in [3.05, 3.63) is 35.4 Å². The molecule has 0 aromatic heterocycles. The first-order chi connectivity index (χ1) is 8.67. The Morgan fingerprint density at radius 3 is 2.11 bits per heavy atom. The standard InChI is InChI=1S/C15H17F2N/c16-13-6-5-7-14(17)12(13)10-15(11-18)8-3-1-2-4-9-15/h5-7H,1-4,8-10H2.